The van der Waals surface area contributed by atoms with Crippen LogP contribution in [-0.4, -0.2) is 60.9 Å². The number of amides is 1. The summed E-state index contributed by atoms with van der Waals surface area (Å²) in [5, 5.41) is 10.4. The molecule has 1 aromatic carbocycles. The molecule has 2 rings (SSSR count). The minimum Gasteiger partial charge on any atom is -0.503 e. The van der Waals surface area contributed by atoms with Crippen LogP contribution in [0, 0.1) is 5.92 Å². The molecule has 1 amide bonds. The van der Waals surface area contributed by atoms with Gasteiger partial charge in [0.25, 0.3) is 5.91 Å². The first-order valence-corrected chi connectivity index (χ1v) is 8.85. The minimum absolute atomic E-state index is 0.183. The summed E-state index contributed by atoms with van der Waals surface area (Å²) in [6, 6.07) is 6.71. The number of carbonyl (C=O) groups is 2. The Morgan fingerprint density at radius 2 is 2.04 bits per heavy atom. The van der Waals surface area contributed by atoms with E-state index in [0.29, 0.717) is 12.3 Å². The van der Waals surface area contributed by atoms with Crippen molar-refractivity contribution in [3.05, 3.63) is 41.2 Å². The third-order valence-electron chi connectivity index (χ3n) is 4.51. The van der Waals surface area contributed by atoms with Gasteiger partial charge in [-0.3, -0.25) is 9.59 Å². The van der Waals surface area contributed by atoms with Crippen LogP contribution in [0.15, 0.2) is 35.6 Å². The summed E-state index contributed by atoms with van der Waals surface area (Å²) < 4.78 is 5.29. The van der Waals surface area contributed by atoms with Gasteiger partial charge in [-0.2, -0.15) is 0 Å². The summed E-state index contributed by atoms with van der Waals surface area (Å²) in [5.74, 6) is -0.790. The van der Waals surface area contributed by atoms with Gasteiger partial charge >= 0.3 is 0 Å². The molecule has 0 saturated carbocycles. The van der Waals surface area contributed by atoms with E-state index in [-0.39, 0.29) is 17.3 Å². The molecule has 0 spiro atoms. The molecule has 0 aliphatic carbocycles. The zero-order valence-electron chi connectivity index (χ0n) is 16.2. The molecule has 0 radical (unpaired) electrons. The SMILES string of the molecule is COc1cccc(C2C(C(=O)C(C)C)=C(O)C(=O)N2CCCN(C)C)c1. The Hall–Kier alpha value is -2.34. The van der Waals surface area contributed by atoms with Gasteiger partial charge in [0.1, 0.15) is 5.75 Å². The Kier molecular flexibility index (Phi) is 6.42. The van der Waals surface area contributed by atoms with Gasteiger partial charge in [-0.25, -0.2) is 0 Å². The van der Waals surface area contributed by atoms with Gasteiger partial charge in [0, 0.05) is 12.5 Å². The Morgan fingerprint density at radius 3 is 2.62 bits per heavy atom. The maximum absolute atomic E-state index is 12.7. The van der Waals surface area contributed by atoms with Gasteiger partial charge in [-0.1, -0.05) is 26.0 Å². The van der Waals surface area contributed by atoms with Crippen LogP contribution in [0.5, 0.6) is 5.75 Å². The third-order valence-corrected chi connectivity index (χ3v) is 4.51. The lowest BCUT2D eigenvalue weighted by Crippen LogP contribution is -2.33. The molecule has 1 aliphatic heterocycles. The molecule has 1 unspecified atom stereocenters. The fraction of sp³-hybridized carbons (Fsp3) is 0.500. The molecule has 1 atom stereocenters. The van der Waals surface area contributed by atoms with Crippen LogP contribution < -0.4 is 4.74 Å². The first kappa shape index (κ1) is 20.0. The molecule has 1 N–H and O–H groups in total. The van der Waals surface area contributed by atoms with Gasteiger partial charge in [0.15, 0.2) is 11.5 Å². The third kappa shape index (κ3) is 4.07. The van der Waals surface area contributed by atoms with E-state index >= 15 is 0 Å². The van der Waals surface area contributed by atoms with E-state index in [2.05, 4.69) is 0 Å². The van der Waals surface area contributed by atoms with Crippen molar-refractivity contribution in [1.29, 1.82) is 0 Å². The Labute approximate surface area is 155 Å². The Morgan fingerprint density at radius 1 is 1.35 bits per heavy atom. The maximum atomic E-state index is 12.7. The fourth-order valence-corrected chi connectivity index (χ4v) is 3.16. The number of ether oxygens (including phenoxy) is 1. The number of benzene rings is 1. The first-order chi connectivity index (χ1) is 12.3. The van der Waals surface area contributed by atoms with E-state index < -0.39 is 17.7 Å². The molecule has 1 heterocycles. The lowest BCUT2D eigenvalue weighted by atomic mass is 9.91. The maximum Gasteiger partial charge on any atom is 0.290 e. The van der Waals surface area contributed by atoms with Crippen LogP contribution >= 0.6 is 0 Å². The monoisotopic (exact) mass is 360 g/mol. The number of ketones is 1. The molecule has 1 aliphatic rings. The summed E-state index contributed by atoms with van der Waals surface area (Å²) in [4.78, 5) is 29.0. The first-order valence-electron chi connectivity index (χ1n) is 8.85. The standard InChI is InChI=1S/C20H28N2O4/c1-13(2)18(23)16-17(14-8-6-9-15(12-14)26-5)22(20(25)19(16)24)11-7-10-21(3)4/h6,8-9,12-13,17,24H,7,10-11H2,1-5H3. The minimum atomic E-state index is -0.588. The average Bonchev–Trinajstić information content (AvgIpc) is 2.85. The fourth-order valence-electron chi connectivity index (χ4n) is 3.16. The predicted octanol–water partition coefficient (Wildman–Crippen LogP) is 2.57. The van der Waals surface area contributed by atoms with E-state index in [0.717, 1.165) is 18.5 Å². The number of carbonyl (C=O) groups excluding carboxylic acids is 2. The molecule has 6 nitrogen and oxygen atoms in total. The lowest BCUT2D eigenvalue weighted by molar-refractivity contribution is -0.129. The molecule has 142 valence electrons. The number of hydrogen-bond donors (Lipinski definition) is 1. The van der Waals surface area contributed by atoms with Gasteiger partial charge in [-0.15, -0.1) is 0 Å². The summed E-state index contributed by atoms with van der Waals surface area (Å²) >= 11 is 0. The molecule has 1 aromatic rings. The number of rotatable bonds is 8. The normalized spacial score (nSPS) is 17.6. The summed E-state index contributed by atoms with van der Waals surface area (Å²) in [7, 11) is 5.50. The van der Waals surface area contributed by atoms with Crippen LogP contribution in [0.2, 0.25) is 0 Å². The van der Waals surface area contributed by atoms with Crippen LogP contribution in [-0.2, 0) is 9.59 Å². The van der Waals surface area contributed by atoms with Gasteiger partial charge < -0.3 is 19.6 Å². The second-order valence-electron chi connectivity index (χ2n) is 7.12. The highest BCUT2D eigenvalue weighted by Gasteiger charge is 2.43. The smallest absolute Gasteiger partial charge is 0.290 e. The zero-order valence-corrected chi connectivity index (χ0v) is 16.2. The van der Waals surface area contributed by atoms with Crippen molar-refractivity contribution in [1.82, 2.24) is 9.80 Å². The summed E-state index contributed by atoms with van der Waals surface area (Å²) in [5.41, 5.74) is 0.943. The van der Waals surface area contributed by atoms with E-state index in [9.17, 15) is 14.7 Å². The Bertz CT molecular complexity index is 710. The van der Waals surface area contributed by atoms with Crippen molar-refractivity contribution in [3.63, 3.8) is 0 Å². The highest BCUT2D eigenvalue weighted by Crippen LogP contribution is 2.39. The lowest BCUT2D eigenvalue weighted by Gasteiger charge is -2.28. The van der Waals surface area contributed by atoms with Crippen molar-refractivity contribution in [2.45, 2.75) is 26.3 Å². The highest BCUT2D eigenvalue weighted by molar-refractivity contribution is 6.09. The number of hydrogen-bond acceptors (Lipinski definition) is 5. The molecule has 0 bridgehead atoms. The summed E-state index contributed by atoms with van der Waals surface area (Å²) in [6.07, 6.45) is 0.746. The molecule has 26 heavy (non-hydrogen) atoms. The number of aliphatic hydroxyl groups excluding tert-OH is 1. The van der Waals surface area contributed by atoms with Crippen LogP contribution in [0.3, 0.4) is 0 Å². The molecular formula is C20H28N2O4. The van der Waals surface area contributed by atoms with Crippen LogP contribution in [0.4, 0.5) is 0 Å². The predicted molar refractivity (Wildman–Crippen MR) is 100 cm³/mol. The number of methoxy groups -OCH3 is 1. The second-order valence-corrected chi connectivity index (χ2v) is 7.12. The van der Waals surface area contributed by atoms with E-state index in [4.69, 9.17) is 4.74 Å². The van der Waals surface area contributed by atoms with Crippen molar-refractivity contribution >= 4 is 11.7 Å². The second kappa shape index (κ2) is 8.36. The molecule has 0 saturated heterocycles. The van der Waals surface area contributed by atoms with Crippen molar-refractivity contribution in [2.75, 3.05) is 34.3 Å². The van der Waals surface area contributed by atoms with Gasteiger partial charge in [-0.05, 0) is 44.8 Å². The van der Waals surface area contributed by atoms with E-state index in [1.54, 1.807) is 25.9 Å². The van der Waals surface area contributed by atoms with Gasteiger partial charge in [0.2, 0.25) is 0 Å². The zero-order chi connectivity index (χ0) is 19.4. The quantitative estimate of drug-likeness (QED) is 0.772. The topological polar surface area (TPSA) is 70.1 Å². The average molecular weight is 360 g/mol. The number of nitrogens with zero attached hydrogens (tertiary/aromatic N) is 2. The largest absolute Gasteiger partial charge is 0.503 e. The molecule has 0 fully saturated rings. The summed E-state index contributed by atoms with van der Waals surface area (Å²) in [6.45, 7) is 4.80. The van der Waals surface area contributed by atoms with Crippen molar-refractivity contribution in [3.8, 4) is 5.75 Å². The van der Waals surface area contributed by atoms with Crippen molar-refractivity contribution < 1.29 is 19.4 Å². The Balaban J connectivity index is 2.44. The molecule has 0 aromatic heterocycles. The molecule has 6 heteroatoms. The van der Waals surface area contributed by atoms with Crippen LogP contribution in [0.25, 0.3) is 0 Å². The van der Waals surface area contributed by atoms with E-state index in [1.807, 2.05) is 43.3 Å². The molecular weight excluding hydrogens is 332 g/mol. The van der Waals surface area contributed by atoms with E-state index in [1.165, 1.54) is 0 Å². The van der Waals surface area contributed by atoms with Crippen molar-refractivity contribution in [2.24, 2.45) is 5.92 Å². The number of aliphatic hydroxyl groups is 1. The van der Waals surface area contributed by atoms with Gasteiger partial charge in [0.05, 0.1) is 18.7 Å². The number of Topliss-reactive ketones (excluding diaryl/α,β-unsaturated/α-hetero) is 1. The van der Waals surface area contributed by atoms with Crippen LogP contribution in [0.1, 0.15) is 31.9 Å². The highest BCUT2D eigenvalue weighted by atomic mass is 16.5.